The van der Waals surface area contributed by atoms with Crippen molar-refractivity contribution in [2.24, 2.45) is 5.41 Å². The van der Waals surface area contributed by atoms with Gasteiger partial charge >= 0.3 is 0 Å². The van der Waals surface area contributed by atoms with E-state index in [-0.39, 0.29) is 23.2 Å². The monoisotopic (exact) mass is 985 g/mol. The topological polar surface area (TPSA) is 147 Å². The third kappa shape index (κ3) is 11.7. The molecule has 0 radical (unpaired) electrons. The molecule has 3 heterocycles. The summed E-state index contributed by atoms with van der Waals surface area (Å²) in [5.41, 5.74) is 7.28. The van der Waals surface area contributed by atoms with Crippen molar-refractivity contribution in [3.05, 3.63) is 222 Å². The maximum atomic E-state index is 14.1. The molecular formula is C64H53N6O5+. The minimum absolute atomic E-state index is 0.00797. The highest BCUT2D eigenvalue weighted by atomic mass is 16.5. The number of ether oxygens (including phenoxy) is 3. The number of fused-ring (bicyclic) bond motifs is 2. The maximum Gasteiger partial charge on any atom is 0.248 e. The quantitative estimate of drug-likeness (QED) is 0.0564. The molecule has 9 rings (SSSR count). The molecule has 0 saturated carbocycles. The summed E-state index contributed by atoms with van der Waals surface area (Å²) in [5, 5.41) is 33.3. The van der Waals surface area contributed by atoms with E-state index in [1.807, 2.05) is 123 Å². The van der Waals surface area contributed by atoms with Gasteiger partial charge in [-0.3, -0.25) is 4.79 Å². The number of nitrogens with one attached hydrogen (secondary N) is 1. The van der Waals surface area contributed by atoms with Crippen LogP contribution in [0.4, 0.5) is 11.4 Å². The Balaban J connectivity index is 0.808. The molecule has 1 amide bonds. The predicted octanol–water partition coefficient (Wildman–Crippen LogP) is 13.8. The Hall–Kier alpha value is -9.72. The van der Waals surface area contributed by atoms with Crippen LogP contribution in [0.1, 0.15) is 63.1 Å². The Labute approximate surface area is 437 Å². The average Bonchev–Trinajstić information content (AvgIpc) is 3.94. The van der Waals surface area contributed by atoms with E-state index < -0.39 is 5.41 Å². The summed E-state index contributed by atoms with van der Waals surface area (Å²) in [4.78, 5) is 16.3. The molecule has 11 heteroatoms. The van der Waals surface area contributed by atoms with E-state index in [4.69, 9.17) is 25.2 Å². The van der Waals surface area contributed by atoms with Crippen molar-refractivity contribution in [1.29, 1.82) is 10.5 Å². The highest BCUT2D eigenvalue weighted by molar-refractivity contribution is 5.94. The van der Waals surface area contributed by atoms with E-state index in [0.29, 0.717) is 67.2 Å². The van der Waals surface area contributed by atoms with E-state index in [1.165, 1.54) is 12.2 Å². The largest absolute Gasteiger partial charge is 0.489 e. The third-order valence-electron chi connectivity index (χ3n) is 13.5. The number of nitriles is 2. The lowest BCUT2D eigenvalue weighted by molar-refractivity contribution is -0.130. The molecule has 1 N–H and O–H groups in total. The number of allylic oxidation sites excluding steroid dienone is 9. The predicted molar refractivity (Wildman–Crippen MR) is 292 cm³/mol. The van der Waals surface area contributed by atoms with E-state index in [0.717, 1.165) is 61.3 Å². The molecule has 2 aliphatic rings. The fourth-order valence-corrected chi connectivity index (χ4v) is 9.18. The summed E-state index contributed by atoms with van der Waals surface area (Å²) in [5.74, 6) is 8.88. The maximum absolute atomic E-state index is 14.1. The van der Waals surface area contributed by atoms with Crippen molar-refractivity contribution >= 4 is 33.6 Å². The first-order chi connectivity index (χ1) is 36.5. The van der Waals surface area contributed by atoms with E-state index in [9.17, 15) is 15.3 Å². The number of rotatable bonds is 16. The van der Waals surface area contributed by atoms with Crippen LogP contribution in [0, 0.1) is 46.5 Å². The van der Waals surface area contributed by atoms with Crippen LogP contribution in [0.15, 0.2) is 203 Å². The molecular weight excluding hydrogens is 933 g/mol. The summed E-state index contributed by atoms with van der Waals surface area (Å²) in [6.07, 6.45) is 9.24. The normalized spacial score (nSPS) is 14.3. The van der Waals surface area contributed by atoms with E-state index in [1.54, 1.807) is 12.2 Å². The van der Waals surface area contributed by atoms with E-state index in [2.05, 4.69) is 94.6 Å². The van der Waals surface area contributed by atoms with Crippen LogP contribution in [0.3, 0.4) is 0 Å². The second-order valence-electron chi connectivity index (χ2n) is 18.6. The second-order valence-corrected chi connectivity index (χ2v) is 18.6. The molecule has 0 fully saturated rings. The summed E-state index contributed by atoms with van der Waals surface area (Å²) < 4.78 is 24.7. The molecule has 0 spiro atoms. The van der Waals surface area contributed by atoms with Gasteiger partial charge in [0.1, 0.15) is 47.3 Å². The highest BCUT2D eigenvalue weighted by Gasteiger charge is 2.33. The fourth-order valence-electron chi connectivity index (χ4n) is 9.18. The number of anilines is 2. The molecule has 2 aliphatic heterocycles. The molecule has 0 aliphatic carbocycles. The Morgan fingerprint density at radius 2 is 1.59 bits per heavy atom. The first-order valence-electron chi connectivity index (χ1n) is 24.7. The van der Waals surface area contributed by atoms with Crippen molar-refractivity contribution in [1.82, 2.24) is 15.5 Å². The molecule has 75 heavy (non-hydrogen) atoms. The zero-order chi connectivity index (χ0) is 52.3. The molecule has 6 aromatic carbocycles. The lowest BCUT2D eigenvalue weighted by atomic mass is 9.76. The van der Waals surface area contributed by atoms with Gasteiger partial charge in [-0.15, -0.1) is 10.2 Å². The number of hydrogen-bond donors (Lipinski definition) is 1. The molecule has 1 aromatic heterocycles. The third-order valence-corrected chi connectivity index (χ3v) is 13.5. The van der Waals surface area contributed by atoms with Gasteiger partial charge in [-0.25, -0.2) is 0 Å². The number of carbonyl (C=O) groups excluding carboxylic acids is 1. The molecule has 2 atom stereocenters. The smallest absolute Gasteiger partial charge is 0.248 e. The van der Waals surface area contributed by atoms with Gasteiger partial charge in [-0.2, -0.15) is 10.5 Å². The number of aromatic nitrogens is 2. The van der Waals surface area contributed by atoms with Crippen LogP contribution in [0.5, 0.6) is 11.5 Å². The zero-order valence-electron chi connectivity index (χ0n) is 42.1. The van der Waals surface area contributed by atoms with Crippen molar-refractivity contribution in [3.63, 3.8) is 0 Å². The van der Waals surface area contributed by atoms with Gasteiger partial charge in [0.2, 0.25) is 23.8 Å². The molecule has 0 saturated heterocycles. The Bertz CT molecular complexity index is 3580. The Morgan fingerprint density at radius 3 is 2.35 bits per heavy atom. The van der Waals surface area contributed by atoms with Gasteiger partial charge in [-0.05, 0) is 120 Å². The molecule has 368 valence electrons. The number of hydrogen-bond acceptors (Lipinski definition) is 10. The van der Waals surface area contributed by atoms with Gasteiger partial charge < -0.3 is 28.8 Å². The van der Waals surface area contributed by atoms with Crippen LogP contribution in [-0.2, 0) is 16.1 Å². The number of amides is 1. The van der Waals surface area contributed by atoms with Crippen molar-refractivity contribution < 1.29 is 23.4 Å². The van der Waals surface area contributed by atoms with Crippen LogP contribution < -0.4 is 19.7 Å². The minimum Gasteiger partial charge on any atom is -0.489 e. The van der Waals surface area contributed by atoms with Crippen LogP contribution in [-0.4, -0.2) is 29.2 Å². The molecule has 2 unspecified atom stereocenters. The van der Waals surface area contributed by atoms with E-state index >= 15 is 0 Å². The molecule has 7 aromatic rings. The first kappa shape index (κ1) is 50.2. The summed E-state index contributed by atoms with van der Waals surface area (Å²) in [6.45, 7) is 15.1. The summed E-state index contributed by atoms with van der Waals surface area (Å²) >= 11 is 0. The highest BCUT2D eigenvalue weighted by Crippen LogP contribution is 2.40. The number of nitrogens with zero attached hydrogens (tertiary/aromatic N) is 5. The SMILES string of the molecule is [CH+]=CC#CC1=CC(=C(C#N)C#N)C=C(/C=C2\C=C(C)c3ccc(N(CCNC(=O)C(C)(CC)CC(C)c4ccc(COc5ccc(-c6nnc(-c7cccc8ccccc78)o6)cc5)cc4)c4ccccc4)cc3O2)O1. The van der Waals surface area contributed by atoms with Crippen LogP contribution in [0.2, 0.25) is 0 Å². The number of carbonyl (C=O) groups is 1. The molecule has 0 bridgehead atoms. The van der Waals surface area contributed by atoms with Gasteiger partial charge in [0.05, 0.1) is 12.5 Å². The zero-order valence-corrected chi connectivity index (χ0v) is 42.1. The Morgan fingerprint density at radius 1 is 0.840 bits per heavy atom. The van der Waals surface area contributed by atoms with Crippen LogP contribution >= 0.6 is 0 Å². The minimum atomic E-state index is -0.610. The van der Waals surface area contributed by atoms with Gasteiger partial charge in [0.25, 0.3) is 0 Å². The van der Waals surface area contributed by atoms with Crippen molar-refractivity contribution in [2.75, 3.05) is 18.0 Å². The number of para-hydroxylation sites is 1. The van der Waals surface area contributed by atoms with Gasteiger partial charge in [-0.1, -0.05) is 99.6 Å². The summed E-state index contributed by atoms with van der Waals surface area (Å²) in [6, 6.07) is 50.2. The second kappa shape index (κ2) is 22.8. The first-order valence-corrected chi connectivity index (χ1v) is 24.7. The molecule has 11 nitrogen and oxygen atoms in total. The lowest BCUT2D eigenvalue weighted by Gasteiger charge is -2.31. The van der Waals surface area contributed by atoms with Gasteiger partial charge in [0.15, 0.2) is 11.7 Å². The van der Waals surface area contributed by atoms with Gasteiger partial charge in [0, 0.05) is 70.4 Å². The standard InChI is InChI=1S/C64H52N6O5/c1-6-8-19-54-35-49(50(40-65)41-66)36-56(73-54)38-55-34-43(3)57-31-28-52(37-60(57)74-55)70(51-17-10-9-11-18-51)33-32-67-63(71)64(5,7-2)39-44(4)46-24-22-45(23-25-46)42-72-53-29-26-48(27-30-53)61-68-69-62(75-61)59-21-14-16-47-15-12-13-20-58(47)59/h1,6,9-18,20-31,34-38,44H,7,32-33,39,42H2,2-5H3/p+1/b55-38+. The Kier molecular flexibility index (Phi) is 15.3. The summed E-state index contributed by atoms with van der Waals surface area (Å²) in [7, 11) is 0. The average molecular weight is 986 g/mol. The van der Waals surface area contributed by atoms with Crippen molar-refractivity contribution in [3.8, 4) is 58.4 Å². The lowest BCUT2D eigenvalue weighted by Crippen LogP contribution is -2.42. The van der Waals surface area contributed by atoms with Crippen molar-refractivity contribution in [2.45, 2.75) is 53.1 Å². The fraction of sp³-hybridized carbons (Fsp3) is 0.172. The number of benzene rings is 6. The van der Waals surface area contributed by atoms with Crippen LogP contribution in [0.25, 0.3) is 39.3 Å².